The smallest absolute Gasteiger partial charge is 0.408 e. The molecular weight excluding hydrogens is 815 g/mol. The summed E-state index contributed by atoms with van der Waals surface area (Å²) < 4.78 is 100.0. The zero-order valence-electron chi connectivity index (χ0n) is 33.9. The van der Waals surface area contributed by atoms with E-state index in [2.05, 4.69) is 20.6 Å². The van der Waals surface area contributed by atoms with E-state index in [1.54, 1.807) is 27.7 Å². The highest BCUT2D eigenvalue weighted by Gasteiger charge is 2.68. The first-order valence-electron chi connectivity index (χ1n) is 20.3. The summed E-state index contributed by atoms with van der Waals surface area (Å²) in [5.41, 5.74) is -3.90. The van der Waals surface area contributed by atoms with Gasteiger partial charge in [0.15, 0.2) is 5.69 Å². The lowest BCUT2D eigenvalue weighted by atomic mass is 9.85. The van der Waals surface area contributed by atoms with Gasteiger partial charge in [0, 0.05) is 12.3 Å². The number of carbonyl (C=O) groups is 4. The van der Waals surface area contributed by atoms with E-state index in [4.69, 9.17) is 9.47 Å². The maximum absolute atomic E-state index is 16.3. The van der Waals surface area contributed by atoms with E-state index in [1.165, 1.54) is 25.1 Å². The van der Waals surface area contributed by atoms with E-state index in [1.807, 2.05) is 10.8 Å². The van der Waals surface area contributed by atoms with Crippen LogP contribution in [0.2, 0.25) is 0 Å². The Balaban J connectivity index is 1.30. The Bertz CT molecular complexity index is 2250. The molecule has 60 heavy (non-hydrogen) atoms. The second-order valence-electron chi connectivity index (χ2n) is 18.2. The number of rotatable bonds is 7. The third-order valence-electron chi connectivity index (χ3n) is 12.7. The number of hydrogen-bond donors (Lipinski definition) is 3. The van der Waals surface area contributed by atoms with Crippen molar-refractivity contribution in [3.63, 3.8) is 0 Å². The minimum atomic E-state index is -4.32. The lowest BCUT2D eigenvalue weighted by molar-refractivity contribution is -0.144. The van der Waals surface area contributed by atoms with Crippen molar-refractivity contribution >= 4 is 44.9 Å². The summed E-state index contributed by atoms with van der Waals surface area (Å²) in [5.74, 6) is -10.4. The van der Waals surface area contributed by atoms with E-state index in [0.29, 0.717) is 19.3 Å². The molecule has 3 saturated carbocycles. The maximum Gasteiger partial charge on any atom is 0.408 e. The molecule has 8 atom stereocenters. The Kier molecular flexibility index (Phi) is 11.0. The van der Waals surface area contributed by atoms with Crippen molar-refractivity contribution < 1.29 is 54.6 Å². The molecular formula is C40H49F4N7O8S. The van der Waals surface area contributed by atoms with Crippen LogP contribution in [0.3, 0.4) is 0 Å². The Hall–Kier alpha value is -4.80. The predicted molar refractivity (Wildman–Crippen MR) is 205 cm³/mol. The second kappa shape index (κ2) is 15.3. The molecule has 2 aliphatic heterocycles. The first-order valence-corrected chi connectivity index (χ1v) is 21.7. The van der Waals surface area contributed by atoms with Crippen LogP contribution in [0, 0.1) is 34.5 Å². The lowest BCUT2D eigenvalue weighted by Gasteiger charge is -2.36. The molecule has 5 aliphatic rings. The molecule has 20 heteroatoms. The summed E-state index contributed by atoms with van der Waals surface area (Å²) in [6, 6.07) is 3.14. The van der Waals surface area contributed by atoms with Crippen molar-refractivity contribution in [2.45, 2.75) is 139 Å². The van der Waals surface area contributed by atoms with Gasteiger partial charge in [-0.05, 0) is 81.4 Å². The van der Waals surface area contributed by atoms with E-state index < -0.39 is 129 Å². The number of benzene rings is 1. The van der Waals surface area contributed by atoms with Crippen LogP contribution in [-0.4, -0.2) is 94.6 Å². The average molecular weight is 864 g/mol. The number of hydrogen-bond acceptors (Lipinski definition) is 11. The molecule has 3 N–H and O–H groups in total. The van der Waals surface area contributed by atoms with Crippen LogP contribution < -0.4 is 20.1 Å². The number of nitrogens with zero attached hydrogens (tertiary/aromatic N) is 4. The van der Waals surface area contributed by atoms with E-state index in [-0.39, 0.29) is 48.2 Å². The highest BCUT2D eigenvalue weighted by molar-refractivity contribution is 7.91. The standard InChI is InChI=1S/C40H49F4N7O8S/c1-6-22-27-19-51(28(22)32(52)49-39(17-23(39)31(41)42)35(54)50-60(56,57)38(5)13-14-38)34(53)30(37(2,3)4)48-36(55)59-26-16-21(26)9-7-8-12-40(43,44)29-33(58-27)47-25-15-20(18-45)10-11-24(25)46-29/h10-11,15,21-23,26-28,30-31H,6-9,12-14,16-17,19H2,1-5H3,(H,48,55)(H,49,52)(H,50,54)/t21?,22-,23+,26-,27?,28+,30-,39-/m1/s1. The number of fused-ring (bicyclic) bond motifs is 5. The number of amides is 4. The quantitative estimate of drug-likeness (QED) is 0.322. The fourth-order valence-corrected chi connectivity index (χ4v) is 9.71. The van der Waals surface area contributed by atoms with Crippen molar-refractivity contribution in [3.05, 3.63) is 29.5 Å². The van der Waals surface area contributed by atoms with Crippen LogP contribution in [-0.2, 0) is 35.1 Å². The summed E-state index contributed by atoms with van der Waals surface area (Å²) in [6.45, 7) is 7.53. The Morgan fingerprint density at radius 1 is 1.08 bits per heavy atom. The molecule has 2 aromatic rings. The van der Waals surface area contributed by atoms with Crippen molar-refractivity contribution in [3.8, 4) is 11.9 Å². The van der Waals surface area contributed by atoms with Gasteiger partial charge in [0.1, 0.15) is 29.8 Å². The summed E-state index contributed by atoms with van der Waals surface area (Å²) in [7, 11) is -4.32. The maximum atomic E-state index is 16.3. The van der Waals surface area contributed by atoms with Crippen molar-refractivity contribution in [2.24, 2.45) is 23.2 Å². The molecule has 2 bridgehead atoms. The lowest BCUT2D eigenvalue weighted by Crippen LogP contribution is -2.61. The summed E-state index contributed by atoms with van der Waals surface area (Å²) in [5, 5.41) is 14.6. The number of nitriles is 1. The molecule has 15 nitrogen and oxygen atoms in total. The van der Waals surface area contributed by atoms with Gasteiger partial charge in [0.25, 0.3) is 11.8 Å². The molecule has 3 heterocycles. The van der Waals surface area contributed by atoms with E-state index >= 15 is 8.78 Å². The zero-order valence-corrected chi connectivity index (χ0v) is 34.7. The van der Waals surface area contributed by atoms with E-state index in [0.717, 1.165) is 4.90 Å². The zero-order chi connectivity index (χ0) is 43.7. The van der Waals surface area contributed by atoms with E-state index in [9.17, 15) is 41.6 Å². The average Bonchev–Trinajstić information content (AvgIpc) is 4.12. The van der Waals surface area contributed by atoms with Crippen LogP contribution in [0.1, 0.15) is 104 Å². The van der Waals surface area contributed by atoms with Crippen LogP contribution in [0.5, 0.6) is 5.88 Å². The predicted octanol–water partition coefficient (Wildman–Crippen LogP) is 4.82. The van der Waals surface area contributed by atoms with Crippen LogP contribution >= 0.6 is 0 Å². The molecule has 4 amide bonds. The summed E-state index contributed by atoms with van der Waals surface area (Å²) in [6.07, 6.45) is -5.13. The molecule has 326 valence electrons. The fourth-order valence-electron chi connectivity index (χ4n) is 8.39. The highest BCUT2D eigenvalue weighted by atomic mass is 32.2. The van der Waals surface area contributed by atoms with Gasteiger partial charge in [0.05, 0.1) is 39.9 Å². The Morgan fingerprint density at radius 2 is 1.80 bits per heavy atom. The molecule has 2 unspecified atom stereocenters. The largest absolute Gasteiger partial charge is 0.471 e. The third-order valence-corrected chi connectivity index (χ3v) is 14.9. The van der Waals surface area contributed by atoms with Crippen molar-refractivity contribution in [1.29, 1.82) is 5.26 Å². The van der Waals surface area contributed by atoms with Crippen molar-refractivity contribution in [2.75, 3.05) is 6.54 Å². The van der Waals surface area contributed by atoms with Crippen LogP contribution in [0.25, 0.3) is 11.0 Å². The number of carbonyl (C=O) groups excluding carboxylic acids is 4. The number of nitrogens with one attached hydrogen (secondary N) is 3. The molecule has 0 radical (unpaired) electrons. The van der Waals surface area contributed by atoms with Gasteiger partial charge < -0.3 is 25.0 Å². The molecule has 1 aromatic heterocycles. The Labute approximate surface area is 344 Å². The normalized spacial score (nSPS) is 31.2. The van der Waals surface area contributed by atoms with Gasteiger partial charge in [-0.2, -0.15) is 14.0 Å². The minimum Gasteiger partial charge on any atom is -0.471 e. The summed E-state index contributed by atoms with van der Waals surface area (Å²) >= 11 is 0. The number of ether oxygens (including phenoxy) is 2. The third kappa shape index (κ3) is 8.17. The molecule has 3 aliphatic carbocycles. The number of halogens is 4. The summed E-state index contributed by atoms with van der Waals surface area (Å²) in [4.78, 5) is 66.1. The van der Waals surface area contributed by atoms with Gasteiger partial charge in [-0.25, -0.2) is 32.0 Å². The topological polar surface area (TPSA) is 210 Å². The number of alkyl halides is 4. The van der Waals surface area contributed by atoms with Gasteiger partial charge in [-0.1, -0.05) is 34.1 Å². The monoisotopic (exact) mass is 863 g/mol. The van der Waals surface area contributed by atoms with Gasteiger partial charge in [0.2, 0.25) is 34.1 Å². The number of sulfonamides is 1. The van der Waals surface area contributed by atoms with Crippen molar-refractivity contribution in [1.82, 2.24) is 30.2 Å². The Morgan fingerprint density at radius 3 is 2.42 bits per heavy atom. The molecule has 1 saturated heterocycles. The first-order chi connectivity index (χ1) is 28.0. The molecule has 4 fully saturated rings. The first kappa shape index (κ1) is 43.3. The fraction of sp³-hybridized carbons (Fsp3) is 0.675. The molecule has 7 rings (SSSR count). The minimum absolute atomic E-state index is 0.0286. The second-order valence-corrected chi connectivity index (χ2v) is 20.4. The highest BCUT2D eigenvalue weighted by Crippen LogP contribution is 2.50. The van der Waals surface area contributed by atoms with Gasteiger partial charge in [-0.3, -0.25) is 19.1 Å². The van der Waals surface area contributed by atoms with Crippen LogP contribution in [0.15, 0.2) is 18.2 Å². The number of alkyl carbamates (subject to hydrolysis) is 1. The molecule has 1 aromatic carbocycles. The van der Waals surface area contributed by atoms with Crippen LogP contribution in [0.4, 0.5) is 22.4 Å². The molecule has 0 spiro atoms. The van der Waals surface area contributed by atoms with Gasteiger partial charge in [-0.15, -0.1) is 0 Å². The SMILES string of the molecule is CC[C@@H]1C2CN(C(=O)[C@H](C(C)(C)C)NC(=O)O[C@@H]3CC3CCCCC(F)(F)c3nc4ccc(C#N)cc4nc3O2)[C@@H]1C(=O)N[C@]1(C(=O)NS(=O)(=O)C2(C)CC2)C[C@H]1C(F)F. The number of aromatic nitrogens is 2. The van der Waals surface area contributed by atoms with Gasteiger partial charge >= 0.3 is 6.09 Å².